The lowest BCUT2D eigenvalue weighted by molar-refractivity contribution is -0.139. The Balaban J connectivity index is 2.32. The van der Waals surface area contributed by atoms with Gasteiger partial charge in [-0.3, -0.25) is 10.1 Å². The molecule has 1 saturated heterocycles. The Hall–Kier alpha value is -0.910. The number of aliphatic carboxylic acids is 1. The van der Waals surface area contributed by atoms with Gasteiger partial charge in [-0.25, -0.2) is 0 Å². The highest BCUT2D eigenvalue weighted by Gasteiger charge is 2.46. The summed E-state index contributed by atoms with van der Waals surface area (Å²) in [5.74, 6) is -0.887. The van der Waals surface area contributed by atoms with E-state index in [9.17, 15) is 15.0 Å². The van der Waals surface area contributed by atoms with Crippen molar-refractivity contribution in [3.63, 3.8) is 0 Å². The largest absolute Gasteiger partial charge is 0.506 e. The second-order valence-electron chi connectivity index (χ2n) is 4.72. The Morgan fingerprint density at radius 3 is 2.72 bits per heavy atom. The van der Waals surface area contributed by atoms with Gasteiger partial charge in [-0.15, -0.1) is 11.8 Å². The van der Waals surface area contributed by atoms with Gasteiger partial charge in [-0.2, -0.15) is 0 Å². The van der Waals surface area contributed by atoms with Crippen LogP contribution in [0.5, 0.6) is 5.75 Å². The van der Waals surface area contributed by atoms with Crippen LogP contribution in [0.25, 0.3) is 0 Å². The van der Waals surface area contributed by atoms with Gasteiger partial charge >= 0.3 is 5.97 Å². The number of carboxylic acid groups (broad SMARTS) is 1. The summed E-state index contributed by atoms with van der Waals surface area (Å²) in [4.78, 5) is 11.2. The van der Waals surface area contributed by atoms with Crippen LogP contribution in [0.1, 0.15) is 24.8 Å². The number of rotatable bonds is 2. The minimum absolute atomic E-state index is 0.00556. The van der Waals surface area contributed by atoms with Crippen molar-refractivity contribution in [2.75, 3.05) is 0 Å². The summed E-state index contributed by atoms with van der Waals surface area (Å²) < 4.78 is -0.453. The molecule has 1 aliphatic heterocycles. The fourth-order valence-corrected chi connectivity index (χ4v) is 3.64. The van der Waals surface area contributed by atoms with Crippen molar-refractivity contribution in [3.8, 4) is 5.75 Å². The van der Waals surface area contributed by atoms with Gasteiger partial charge in [0.15, 0.2) is 0 Å². The molecule has 1 aliphatic rings. The number of carboxylic acids is 1. The third kappa shape index (κ3) is 2.30. The van der Waals surface area contributed by atoms with Crippen LogP contribution in [0.4, 0.5) is 0 Å². The monoisotopic (exact) mass is 287 g/mol. The molecule has 98 valence electrons. The molecule has 1 aromatic rings. The average Bonchev–Trinajstić information content (AvgIpc) is 2.58. The number of benzene rings is 1. The summed E-state index contributed by atoms with van der Waals surface area (Å²) in [5, 5.41) is 22.1. The number of para-hydroxylation sites is 1. The smallest absolute Gasteiger partial charge is 0.322 e. The van der Waals surface area contributed by atoms with Crippen molar-refractivity contribution in [3.05, 3.63) is 28.8 Å². The van der Waals surface area contributed by atoms with E-state index >= 15 is 0 Å². The van der Waals surface area contributed by atoms with Crippen LogP contribution in [-0.4, -0.2) is 27.0 Å². The minimum atomic E-state index is -0.892. The summed E-state index contributed by atoms with van der Waals surface area (Å²) >= 11 is 7.33. The van der Waals surface area contributed by atoms with Crippen molar-refractivity contribution < 1.29 is 15.0 Å². The highest BCUT2D eigenvalue weighted by atomic mass is 35.5. The van der Waals surface area contributed by atoms with E-state index in [4.69, 9.17) is 11.6 Å². The molecule has 0 radical (unpaired) electrons. The zero-order valence-corrected chi connectivity index (χ0v) is 11.5. The molecule has 2 rings (SSSR count). The van der Waals surface area contributed by atoms with E-state index in [1.807, 2.05) is 13.8 Å². The van der Waals surface area contributed by atoms with Gasteiger partial charge < -0.3 is 10.2 Å². The van der Waals surface area contributed by atoms with E-state index in [-0.39, 0.29) is 16.1 Å². The topological polar surface area (TPSA) is 69.6 Å². The van der Waals surface area contributed by atoms with Crippen LogP contribution in [0, 0.1) is 0 Å². The van der Waals surface area contributed by atoms with Crippen molar-refractivity contribution >= 4 is 29.3 Å². The van der Waals surface area contributed by atoms with Gasteiger partial charge in [0.25, 0.3) is 0 Å². The highest BCUT2D eigenvalue weighted by molar-refractivity contribution is 8.01. The van der Waals surface area contributed by atoms with E-state index in [2.05, 4.69) is 5.32 Å². The molecule has 0 aromatic heterocycles. The first-order valence-corrected chi connectivity index (χ1v) is 6.73. The van der Waals surface area contributed by atoms with Gasteiger partial charge in [0.05, 0.1) is 10.4 Å². The number of phenols is 1. The first kappa shape index (κ1) is 13.5. The van der Waals surface area contributed by atoms with Crippen LogP contribution in [0.2, 0.25) is 5.02 Å². The summed E-state index contributed by atoms with van der Waals surface area (Å²) in [6.07, 6.45) is 0. The van der Waals surface area contributed by atoms with Crippen molar-refractivity contribution in [2.45, 2.75) is 30.0 Å². The molecule has 0 saturated carbocycles. The normalized spacial score (nSPS) is 26.2. The number of thioether (sulfide) groups is 1. The van der Waals surface area contributed by atoms with Gasteiger partial charge in [-0.1, -0.05) is 23.7 Å². The second-order valence-corrected chi connectivity index (χ2v) is 6.88. The number of phenolic OH excluding ortho intramolecular Hbond substituents is 1. The van der Waals surface area contributed by atoms with Crippen molar-refractivity contribution in [2.24, 2.45) is 0 Å². The summed E-state index contributed by atoms with van der Waals surface area (Å²) in [7, 11) is 0. The Bertz CT molecular complexity index is 492. The summed E-state index contributed by atoms with van der Waals surface area (Å²) in [6, 6.07) is 4.41. The Labute approximate surface area is 114 Å². The molecule has 4 nitrogen and oxygen atoms in total. The molecule has 0 bridgehead atoms. The van der Waals surface area contributed by atoms with E-state index in [1.54, 1.807) is 18.2 Å². The molecular weight excluding hydrogens is 274 g/mol. The van der Waals surface area contributed by atoms with Crippen molar-refractivity contribution in [1.82, 2.24) is 5.32 Å². The third-order valence-electron chi connectivity index (χ3n) is 2.98. The number of aromatic hydroxyl groups is 1. The third-order valence-corrected chi connectivity index (χ3v) is 4.76. The molecule has 1 heterocycles. The minimum Gasteiger partial charge on any atom is -0.506 e. The van der Waals surface area contributed by atoms with Gasteiger partial charge in [0.1, 0.15) is 11.8 Å². The fraction of sp³-hybridized carbons (Fsp3) is 0.417. The molecule has 2 atom stereocenters. The fourth-order valence-electron chi connectivity index (χ4n) is 2.02. The maximum Gasteiger partial charge on any atom is 0.322 e. The Kier molecular flexibility index (Phi) is 3.49. The van der Waals surface area contributed by atoms with E-state index in [1.165, 1.54) is 11.8 Å². The number of carbonyl (C=O) groups is 1. The molecule has 6 heteroatoms. The average molecular weight is 288 g/mol. The molecular formula is C12H14ClNO3S. The highest BCUT2D eigenvalue weighted by Crippen LogP contribution is 2.48. The zero-order valence-electron chi connectivity index (χ0n) is 9.98. The molecule has 2 unspecified atom stereocenters. The molecule has 18 heavy (non-hydrogen) atoms. The van der Waals surface area contributed by atoms with Crippen LogP contribution in [0.15, 0.2) is 18.2 Å². The molecule has 0 spiro atoms. The standard InChI is InChI=1S/C12H14ClNO3S/c1-12(2)9(11(16)17)14-10(18-12)6-4-3-5-7(13)8(6)15/h3-5,9-10,14-15H,1-2H3,(H,16,17). The quantitative estimate of drug-likeness (QED) is 0.780. The number of nitrogens with one attached hydrogen (secondary N) is 1. The zero-order chi connectivity index (χ0) is 13.5. The lowest BCUT2D eigenvalue weighted by atomic mass is 10.0. The molecule has 0 amide bonds. The maximum atomic E-state index is 11.2. The van der Waals surface area contributed by atoms with Gasteiger partial charge in [0.2, 0.25) is 0 Å². The van der Waals surface area contributed by atoms with Crippen LogP contribution < -0.4 is 5.32 Å². The summed E-state index contributed by atoms with van der Waals surface area (Å²) in [5.41, 5.74) is 0.615. The Morgan fingerprint density at radius 1 is 1.50 bits per heavy atom. The van der Waals surface area contributed by atoms with Crippen LogP contribution >= 0.6 is 23.4 Å². The molecule has 3 N–H and O–H groups in total. The van der Waals surface area contributed by atoms with Gasteiger partial charge in [0, 0.05) is 10.3 Å². The Morgan fingerprint density at radius 2 is 2.17 bits per heavy atom. The molecule has 1 fully saturated rings. The number of hydrogen-bond donors (Lipinski definition) is 3. The van der Waals surface area contributed by atoms with E-state index in [0.29, 0.717) is 5.56 Å². The number of hydrogen-bond acceptors (Lipinski definition) is 4. The first-order valence-electron chi connectivity index (χ1n) is 5.47. The predicted octanol–water partition coefficient (Wildman–Crippen LogP) is 2.61. The van der Waals surface area contributed by atoms with E-state index < -0.39 is 16.8 Å². The van der Waals surface area contributed by atoms with Gasteiger partial charge in [-0.05, 0) is 19.9 Å². The summed E-state index contributed by atoms with van der Waals surface area (Å²) in [6.45, 7) is 3.73. The molecule has 0 aliphatic carbocycles. The first-order chi connectivity index (χ1) is 8.33. The maximum absolute atomic E-state index is 11.2. The second kappa shape index (κ2) is 4.64. The SMILES string of the molecule is CC1(C)SC(c2cccc(Cl)c2O)NC1C(=O)O. The number of halogens is 1. The van der Waals surface area contributed by atoms with Crippen LogP contribution in [0.3, 0.4) is 0 Å². The predicted molar refractivity (Wildman–Crippen MR) is 72.1 cm³/mol. The molecule has 1 aromatic carbocycles. The van der Waals surface area contributed by atoms with Crippen molar-refractivity contribution in [1.29, 1.82) is 0 Å². The lowest BCUT2D eigenvalue weighted by Crippen LogP contribution is -2.43. The lowest BCUT2D eigenvalue weighted by Gasteiger charge is -2.20. The van der Waals surface area contributed by atoms with Crippen LogP contribution in [-0.2, 0) is 4.79 Å². The van der Waals surface area contributed by atoms with E-state index in [0.717, 1.165) is 0 Å².